The van der Waals surface area contributed by atoms with E-state index >= 15 is 0 Å². The lowest BCUT2D eigenvalue weighted by molar-refractivity contribution is -0.114. The first-order valence-corrected chi connectivity index (χ1v) is 8.20. The lowest BCUT2D eigenvalue weighted by Gasteiger charge is -2.09. The number of amides is 2. The van der Waals surface area contributed by atoms with Crippen molar-refractivity contribution in [2.45, 2.75) is 13.3 Å². The first kappa shape index (κ1) is 19.0. The third-order valence-corrected chi connectivity index (χ3v) is 3.44. The fourth-order valence-corrected chi connectivity index (χ4v) is 2.14. The highest BCUT2D eigenvalue weighted by molar-refractivity contribution is 5.96. The number of nitrogens with two attached hydrogens (primary N) is 1. The van der Waals surface area contributed by atoms with Gasteiger partial charge in [-0.1, -0.05) is 13.0 Å². The van der Waals surface area contributed by atoms with E-state index in [9.17, 15) is 14.4 Å². The van der Waals surface area contributed by atoms with Crippen molar-refractivity contribution in [2.24, 2.45) is 5.73 Å². The zero-order chi connectivity index (χ0) is 18.9. The average molecular weight is 355 g/mol. The Bertz CT molecular complexity index is 788. The van der Waals surface area contributed by atoms with Gasteiger partial charge in [0.05, 0.1) is 18.7 Å². The summed E-state index contributed by atoms with van der Waals surface area (Å²) >= 11 is 0. The number of primary amides is 1. The molecule has 7 heteroatoms. The smallest absolute Gasteiger partial charge is 0.338 e. The summed E-state index contributed by atoms with van der Waals surface area (Å²) in [6.07, 6.45) is 0.759. The van der Waals surface area contributed by atoms with Crippen molar-refractivity contribution in [3.63, 3.8) is 0 Å². The minimum Gasteiger partial charge on any atom is -0.462 e. The van der Waals surface area contributed by atoms with Crippen molar-refractivity contribution in [2.75, 3.05) is 23.8 Å². The van der Waals surface area contributed by atoms with E-state index in [0.717, 1.165) is 6.42 Å². The molecule has 0 unspecified atom stereocenters. The Kier molecular flexibility index (Phi) is 6.73. The van der Waals surface area contributed by atoms with Crippen molar-refractivity contribution in [1.82, 2.24) is 0 Å². The second-order valence-electron chi connectivity index (χ2n) is 5.56. The molecule has 136 valence electrons. The molecule has 0 aliphatic heterocycles. The molecule has 0 aromatic heterocycles. The summed E-state index contributed by atoms with van der Waals surface area (Å²) in [6.45, 7) is 2.31. The molecule has 0 saturated heterocycles. The van der Waals surface area contributed by atoms with Crippen LogP contribution in [0.5, 0.6) is 0 Å². The second kappa shape index (κ2) is 9.22. The van der Waals surface area contributed by atoms with Crippen molar-refractivity contribution in [3.8, 4) is 0 Å². The lowest BCUT2D eigenvalue weighted by atomic mass is 10.2. The number of hydrogen-bond acceptors (Lipinski definition) is 5. The van der Waals surface area contributed by atoms with Gasteiger partial charge in [-0.05, 0) is 48.9 Å². The van der Waals surface area contributed by atoms with Gasteiger partial charge in [0, 0.05) is 16.9 Å². The molecule has 4 N–H and O–H groups in total. The van der Waals surface area contributed by atoms with Gasteiger partial charge in [0.2, 0.25) is 11.8 Å². The number of ether oxygens (including phenoxy) is 1. The maximum Gasteiger partial charge on any atom is 0.338 e. The fourth-order valence-electron chi connectivity index (χ4n) is 2.14. The topological polar surface area (TPSA) is 111 Å². The molecule has 0 saturated carbocycles. The number of anilines is 2. The minimum absolute atomic E-state index is 0.0164. The van der Waals surface area contributed by atoms with Crippen LogP contribution in [0.1, 0.15) is 34.1 Å². The average Bonchev–Trinajstić information content (AvgIpc) is 2.65. The summed E-state index contributed by atoms with van der Waals surface area (Å²) in [5, 5.41) is 5.63. The SMILES string of the molecule is CCCOC(=O)c1ccc(NC(=O)CNc2cccc(C(N)=O)c2)cc1. The summed E-state index contributed by atoms with van der Waals surface area (Å²) in [4.78, 5) is 34.9. The predicted octanol–water partition coefficient (Wildman–Crippen LogP) is 2.40. The van der Waals surface area contributed by atoms with Crippen molar-refractivity contribution in [3.05, 3.63) is 59.7 Å². The molecule has 0 bridgehead atoms. The monoisotopic (exact) mass is 355 g/mol. The van der Waals surface area contributed by atoms with E-state index in [1.807, 2.05) is 6.92 Å². The van der Waals surface area contributed by atoms with Crippen LogP contribution in [0, 0.1) is 0 Å². The molecular weight excluding hydrogens is 334 g/mol. The van der Waals surface area contributed by atoms with E-state index in [4.69, 9.17) is 10.5 Å². The van der Waals surface area contributed by atoms with Crippen LogP contribution in [0.3, 0.4) is 0 Å². The van der Waals surface area contributed by atoms with E-state index in [1.54, 1.807) is 48.5 Å². The van der Waals surface area contributed by atoms with Crippen LogP contribution in [0.15, 0.2) is 48.5 Å². The molecule has 0 fully saturated rings. The van der Waals surface area contributed by atoms with Gasteiger partial charge in [-0.3, -0.25) is 9.59 Å². The summed E-state index contributed by atoms with van der Waals surface area (Å²) in [7, 11) is 0. The van der Waals surface area contributed by atoms with Crippen LogP contribution in [0.4, 0.5) is 11.4 Å². The molecule has 26 heavy (non-hydrogen) atoms. The van der Waals surface area contributed by atoms with Gasteiger partial charge in [0.25, 0.3) is 0 Å². The summed E-state index contributed by atoms with van der Waals surface area (Å²) < 4.78 is 5.04. The standard InChI is InChI=1S/C19H21N3O4/c1-2-10-26-19(25)13-6-8-15(9-7-13)22-17(23)12-21-16-5-3-4-14(11-16)18(20)24/h3-9,11,21H,2,10,12H2,1H3,(H2,20,24)(H,22,23). The van der Waals surface area contributed by atoms with E-state index in [0.29, 0.717) is 29.1 Å². The van der Waals surface area contributed by atoms with Crippen LogP contribution in [-0.2, 0) is 9.53 Å². The fraction of sp³-hybridized carbons (Fsp3) is 0.211. The van der Waals surface area contributed by atoms with Gasteiger partial charge in [0.15, 0.2) is 0 Å². The van der Waals surface area contributed by atoms with Gasteiger partial charge >= 0.3 is 5.97 Å². The molecule has 2 amide bonds. The third kappa shape index (κ3) is 5.62. The van der Waals surface area contributed by atoms with Gasteiger partial charge in [0.1, 0.15) is 0 Å². The lowest BCUT2D eigenvalue weighted by Crippen LogP contribution is -2.22. The molecule has 0 spiro atoms. The molecule has 0 radical (unpaired) electrons. The van der Waals surface area contributed by atoms with Crippen molar-refractivity contribution >= 4 is 29.2 Å². The van der Waals surface area contributed by atoms with E-state index in [1.165, 1.54) is 0 Å². The molecule has 2 aromatic carbocycles. The Morgan fingerprint density at radius 1 is 1.00 bits per heavy atom. The highest BCUT2D eigenvalue weighted by atomic mass is 16.5. The molecule has 0 heterocycles. The largest absolute Gasteiger partial charge is 0.462 e. The van der Waals surface area contributed by atoms with Gasteiger partial charge in [-0.15, -0.1) is 0 Å². The second-order valence-corrected chi connectivity index (χ2v) is 5.56. The van der Waals surface area contributed by atoms with Crippen LogP contribution in [-0.4, -0.2) is 30.9 Å². The van der Waals surface area contributed by atoms with Crippen LogP contribution in [0.2, 0.25) is 0 Å². The highest BCUT2D eigenvalue weighted by Crippen LogP contribution is 2.12. The number of nitrogens with one attached hydrogen (secondary N) is 2. The Labute approximate surface area is 151 Å². The molecule has 0 aliphatic carbocycles. The number of carbonyl (C=O) groups excluding carboxylic acids is 3. The number of benzene rings is 2. The summed E-state index contributed by atoms with van der Waals surface area (Å²) in [5.74, 6) is -1.19. The molecular formula is C19H21N3O4. The Hall–Kier alpha value is -3.35. The minimum atomic E-state index is -0.532. The highest BCUT2D eigenvalue weighted by Gasteiger charge is 2.08. The first-order valence-electron chi connectivity index (χ1n) is 8.20. The molecule has 0 aliphatic rings. The maximum absolute atomic E-state index is 12.0. The molecule has 2 rings (SSSR count). The molecule has 7 nitrogen and oxygen atoms in total. The summed E-state index contributed by atoms with van der Waals surface area (Å²) in [5.41, 5.74) is 7.19. The number of rotatable bonds is 8. The first-order chi connectivity index (χ1) is 12.5. The Morgan fingerprint density at radius 3 is 2.38 bits per heavy atom. The van der Waals surface area contributed by atoms with Gasteiger partial charge in [-0.25, -0.2) is 4.79 Å². The Balaban J connectivity index is 1.87. The zero-order valence-electron chi connectivity index (χ0n) is 14.5. The number of carbonyl (C=O) groups is 3. The molecule has 2 aromatic rings. The predicted molar refractivity (Wildman–Crippen MR) is 99.1 cm³/mol. The van der Waals surface area contributed by atoms with E-state index in [-0.39, 0.29) is 18.4 Å². The molecule has 0 atom stereocenters. The number of esters is 1. The quantitative estimate of drug-likeness (QED) is 0.630. The van der Waals surface area contributed by atoms with Gasteiger partial charge in [-0.2, -0.15) is 0 Å². The normalized spacial score (nSPS) is 10.0. The van der Waals surface area contributed by atoms with E-state index in [2.05, 4.69) is 10.6 Å². The van der Waals surface area contributed by atoms with Crippen LogP contribution >= 0.6 is 0 Å². The van der Waals surface area contributed by atoms with Gasteiger partial charge < -0.3 is 21.1 Å². The van der Waals surface area contributed by atoms with Crippen LogP contribution in [0.25, 0.3) is 0 Å². The van der Waals surface area contributed by atoms with Crippen LogP contribution < -0.4 is 16.4 Å². The van der Waals surface area contributed by atoms with Crippen molar-refractivity contribution < 1.29 is 19.1 Å². The van der Waals surface area contributed by atoms with E-state index < -0.39 is 5.91 Å². The third-order valence-electron chi connectivity index (χ3n) is 3.44. The Morgan fingerprint density at radius 2 is 1.73 bits per heavy atom. The maximum atomic E-state index is 12.0. The summed E-state index contributed by atoms with van der Waals surface area (Å²) in [6, 6.07) is 13.0. The zero-order valence-corrected chi connectivity index (χ0v) is 14.5. The van der Waals surface area contributed by atoms with Crippen molar-refractivity contribution in [1.29, 1.82) is 0 Å². The number of hydrogen-bond donors (Lipinski definition) is 3.